The molecule has 0 amide bonds. The van der Waals surface area contributed by atoms with Gasteiger partial charge in [0.1, 0.15) is 5.69 Å². The van der Waals surface area contributed by atoms with E-state index in [0.717, 1.165) is 44.6 Å². The van der Waals surface area contributed by atoms with E-state index in [1.165, 1.54) is 12.1 Å². The molecule has 1 heterocycles. The van der Waals surface area contributed by atoms with Gasteiger partial charge < -0.3 is 10.1 Å². The maximum absolute atomic E-state index is 11.4. The Morgan fingerprint density at radius 1 is 1.33 bits per heavy atom. The first-order valence-electron chi connectivity index (χ1n) is 8.01. The predicted octanol–water partition coefficient (Wildman–Crippen LogP) is 2.15. The number of hydrogen-bond acceptors (Lipinski definition) is 6. The maximum atomic E-state index is 11.4. The van der Waals surface area contributed by atoms with Crippen LogP contribution in [0.4, 0.5) is 11.4 Å². The van der Waals surface area contributed by atoms with Crippen LogP contribution < -0.4 is 10.5 Å². The van der Waals surface area contributed by atoms with Crippen molar-refractivity contribution in [2.75, 3.05) is 11.9 Å². The monoisotopic (exact) mass is 355 g/mol. The minimum absolute atomic E-state index is 0.0656. The van der Waals surface area contributed by atoms with Crippen LogP contribution in [0, 0.1) is 10.1 Å². The van der Waals surface area contributed by atoms with Crippen molar-refractivity contribution < 1.29 is 18.1 Å². The van der Waals surface area contributed by atoms with Gasteiger partial charge in [-0.15, -0.1) is 0 Å². The van der Waals surface area contributed by atoms with Gasteiger partial charge in [0.05, 0.1) is 15.4 Å². The van der Waals surface area contributed by atoms with E-state index in [2.05, 4.69) is 5.32 Å². The number of primary sulfonamides is 1. The third-order valence-corrected chi connectivity index (χ3v) is 5.77. The smallest absolute Gasteiger partial charge is 0.293 e. The van der Waals surface area contributed by atoms with E-state index in [1.54, 1.807) is 0 Å². The first-order valence-corrected chi connectivity index (χ1v) is 9.55. The fourth-order valence-electron chi connectivity index (χ4n) is 3.70. The highest BCUT2D eigenvalue weighted by atomic mass is 32.2. The molecule has 132 valence electrons. The molecule has 1 spiro atoms. The lowest BCUT2D eigenvalue weighted by atomic mass is 9.89. The molecule has 1 aliphatic carbocycles. The fourth-order valence-corrected chi connectivity index (χ4v) is 4.23. The Hall–Kier alpha value is -1.71. The second-order valence-electron chi connectivity index (χ2n) is 6.55. The average molecular weight is 355 g/mol. The van der Waals surface area contributed by atoms with Gasteiger partial charge in [0.25, 0.3) is 5.69 Å². The molecule has 2 fully saturated rings. The SMILES string of the molecule is NS(=O)(=O)c1ccc(NC2CCOC3(CCCC3)C2)c([N+](=O)[O-])c1. The fraction of sp³-hybridized carbons (Fsp3) is 0.600. The molecule has 24 heavy (non-hydrogen) atoms. The molecule has 1 saturated carbocycles. The van der Waals surface area contributed by atoms with Gasteiger partial charge in [-0.05, 0) is 37.8 Å². The number of ether oxygens (including phenoxy) is 1. The van der Waals surface area contributed by atoms with Crippen molar-refractivity contribution >= 4 is 21.4 Å². The normalized spacial score (nSPS) is 23.3. The van der Waals surface area contributed by atoms with E-state index >= 15 is 0 Å². The molecule has 1 saturated heterocycles. The molecule has 0 radical (unpaired) electrons. The van der Waals surface area contributed by atoms with Crippen LogP contribution in [0.1, 0.15) is 38.5 Å². The van der Waals surface area contributed by atoms with Gasteiger partial charge in [-0.2, -0.15) is 0 Å². The number of nitrogens with one attached hydrogen (secondary N) is 1. The average Bonchev–Trinajstić information content (AvgIpc) is 2.94. The Labute approximate surface area is 140 Å². The number of nitro benzene ring substituents is 1. The molecule has 1 aromatic carbocycles. The lowest BCUT2D eigenvalue weighted by molar-refractivity contribution is -0.384. The van der Waals surface area contributed by atoms with Gasteiger partial charge in [-0.25, -0.2) is 13.6 Å². The molecular weight excluding hydrogens is 334 g/mol. The Morgan fingerprint density at radius 2 is 2.04 bits per heavy atom. The summed E-state index contributed by atoms with van der Waals surface area (Å²) in [6, 6.07) is 3.77. The van der Waals surface area contributed by atoms with E-state index in [1.807, 2.05) is 0 Å². The van der Waals surface area contributed by atoms with Gasteiger partial charge in [0.15, 0.2) is 0 Å². The van der Waals surface area contributed by atoms with Gasteiger partial charge in [0, 0.05) is 18.7 Å². The van der Waals surface area contributed by atoms with Crippen molar-refractivity contribution in [3.05, 3.63) is 28.3 Å². The minimum Gasteiger partial charge on any atom is -0.377 e. The predicted molar refractivity (Wildman–Crippen MR) is 88.3 cm³/mol. The Kier molecular flexibility index (Phi) is 4.50. The van der Waals surface area contributed by atoms with Crippen molar-refractivity contribution in [1.29, 1.82) is 0 Å². The molecular formula is C15H21N3O5S. The maximum Gasteiger partial charge on any atom is 0.293 e. The number of hydrogen-bond donors (Lipinski definition) is 2. The Bertz CT molecular complexity index is 743. The van der Waals surface area contributed by atoms with Crippen LogP contribution in [0.5, 0.6) is 0 Å². The van der Waals surface area contributed by atoms with Crippen LogP contribution in [0.2, 0.25) is 0 Å². The number of nitrogens with zero attached hydrogens (tertiary/aromatic N) is 1. The van der Waals surface area contributed by atoms with Crippen LogP contribution in [-0.4, -0.2) is 31.6 Å². The molecule has 8 nitrogen and oxygen atoms in total. The molecule has 3 N–H and O–H groups in total. The highest BCUT2D eigenvalue weighted by molar-refractivity contribution is 7.89. The number of rotatable bonds is 4. The summed E-state index contributed by atoms with van der Waals surface area (Å²) < 4.78 is 28.8. The first kappa shape index (κ1) is 17.1. The Morgan fingerprint density at radius 3 is 2.67 bits per heavy atom. The second-order valence-corrected chi connectivity index (χ2v) is 8.12. The number of sulfonamides is 1. The van der Waals surface area contributed by atoms with E-state index in [-0.39, 0.29) is 22.2 Å². The second kappa shape index (κ2) is 6.30. The number of anilines is 1. The standard InChI is InChI=1S/C15H21N3O5S/c16-24(21,22)12-3-4-13(14(9-12)18(19)20)17-11-5-8-23-15(10-11)6-1-2-7-15/h3-4,9,11,17H,1-2,5-8,10H2,(H2,16,21,22). The number of nitro groups is 1. The third kappa shape index (κ3) is 3.52. The molecule has 9 heteroatoms. The Balaban J connectivity index is 1.83. The van der Waals surface area contributed by atoms with Crippen molar-refractivity contribution in [2.45, 2.75) is 55.1 Å². The molecule has 1 aromatic rings. The summed E-state index contributed by atoms with van der Waals surface area (Å²) in [7, 11) is -3.98. The molecule has 2 aliphatic rings. The third-order valence-electron chi connectivity index (χ3n) is 4.86. The lowest BCUT2D eigenvalue weighted by Gasteiger charge is -2.38. The van der Waals surface area contributed by atoms with Crippen LogP contribution in [0.3, 0.4) is 0 Å². The van der Waals surface area contributed by atoms with Gasteiger partial charge in [0.2, 0.25) is 10.0 Å². The summed E-state index contributed by atoms with van der Waals surface area (Å²) >= 11 is 0. The zero-order valence-corrected chi connectivity index (χ0v) is 14.0. The van der Waals surface area contributed by atoms with Gasteiger partial charge >= 0.3 is 0 Å². The molecule has 0 aromatic heterocycles. The molecule has 1 aliphatic heterocycles. The molecule has 1 unspecified atom stereocenters. The van der Waals surface area contributed by atoms with Crippen LogP contribution in [0.25, 0.3) is 0 Å². The summed E-state index contributed by atoms with van der Waals surface area (Å²) in [6.07, 6.45) is 5.91. The summed E-state index contributed by atoms with van der Waals surface area (Å²) in [6.45, 7) is 0.626. The van der Waals surface area contributed by atoms with Crippen molar-refractivity contribution in [3.63, 3.8) is 0 Å². The van der Waals surface area contributed by atoms with Crippen molar-refractivity contribution in [2.24, 2.45) is 5.14 Å². The van der Waals surface area contributed by atoms with E-state index in [9.17, 15) is 18.5 Å². The van der Waals surface area contributed by atoms with Gasteiger partial charge in [-0.1, -0.05) is 12.8 Å². The van der Waals surface area contributed by atoms with Crippen molar-refractivity contribution in [1.82, 2.24) is 0 Å². The van der Waals surface area contributed by atoms with Crippen LogP contribution in [0.15, 0.2) is 23.1 Å². The summed E-state index contributed by atoms with van der Waals surface area (Å²) in [5.41, 5.74) is -0.0773. The number of benzene rings is 1. The van der Waals surface area contributed by atoms with E-state index in [4.69, 9.17) is 9.88 Å². The molecule has 1 atom stereocenters. The van der Waals surface area contributed by atoms with Crippen LogP contribution in [-0.2, 0) is 14.8 Å². The molecule has 0 bridgehead atoms. The summed E-state index contributed by atoms with van der Waals surface area (Å²) in [4.78, 5) is 10.4. The molecule has 3 rings (SSSR count). The quantitative estimate of drug-likeness (QED) is 0.630. The largest absolute Gasteiger partial charge is 0.377 e. The highest BCUT2D eigenvalue weighted by Crippen LogP contribution is 2.41. The lowest BCUT2D eigenvalue weighted by Crippen LogP contribution is -2.42. The van der Waals surface area contributed by atoms with Gasteiger partial charge in [-0.3, -0.25) is 10.1 Å². The van der Waals surface area contributed by atoms with E-state index in [0.29, 0.717) is 12.3 Å². The first-order chi connectivity index (χ1) is 11.3. The zero-order valence-electron chi connectivity index (χ0n) is 13.2. The zero-order chi connectivity index (χ0) is 17.4. The van der Waals surface area contributed by atoms with Crippen molar-refractivity contribution in [3.8, 4) is 0 Å². The summed E-state index contributed by atoms with van der Waals surface area (Å²) in [5.74, 6) is 0. The summed E-state index contributed by atoms with van der Waals surface area (Å²) in [5, 5.41) is 19.6. The number of nitrogens with two attached hydrogens (primary N) is 1. The van der Waals surface area contributed by atoms with Crippen LogP contribution >= 0.6 is 0 Å². The van der Waals surface area contributed by atoms with E-state index < -0.39 is 14.9 Å². The topological polar surface area (TPSA) is 125 Å². The minimum atomic E-state index is -3.98. The highest BCUT2D eigenvalue weighted by Gasteiger charge is 2.40.